The lowest BCUT2D eigenvalue weighted by Crippen LogP contribution is -2.15. The first-order valence-electron chi connectivity index (χ1n) is 18.8. The van der Waals surface area contributed by atoms with Crippen LogP contribution >= 0.6 is 0 Å². The van der Waals surface area contributed by atoms with Crippen LogP contribution in [-0.2, 0) is 5.41 Å². The molecule has 8 aromatic carbocycles. The highest BCUT2D eigenvalue weighted by molar-refractivity contribution is 5.88. The largest absolute Gasteiger partial charge is 0.208 e. The normalized spacial score (nSPS) is 12.7. The van der Waals surface area contributed by atoms with Gasteiger partial charge in [-0.3, -0.25) is 0 Å². The van der Waals surface area contributed by atoms with E-state index in [-0.39, 0.29) is 5.41 Å². The van der Waals surface area contributed by atoms with E-state index in [1.807, 2.05) is 18.2 Å². The maximum Gasteiger partial charge on any atom is 0.164 e. The lowest BCUT2D eigenvalue weighted by Gasteiger charge is -2.22. The molecule has 1 aliphatic rings. The van der Waals surface area contributed by atoms with Crippen LogP contribution < -0.4 is 0 Å². The first kappa shape index (κ1) is 32.7. The average molecular weight is 704 g/mol. The molecular weight excluding hydrogens is 667 g/mol. The van der Waals surface area contributed by atoms with Crippen LogP contribution in [0.25, 0.3) is 89.4 Å². The Hall–Kier alpha value is -6.97. The van der Waals surface area contributed by atoms with Gasteiger partial charge in [0.1, 0.15) is 0 Å². The zero-order chi connectivity index (χ0) is 36.9. The van der Waals surface area contributed by atoms with Crippen molar-refractivity contribution in [2.75, 3.05) is 0 Å². The van der Waals surface area contributed by atoms with E-state index in [0.29, 0.717) is 17.5 Å². The highest BCUT2D eigenvalue weighted by Gasteiger charge is 2.36. The number of fused-ring (bicyclic) bond motifs is 4. The third-order valence-electron chi connectivity index (χ3n) is 11.1. The summed E-state index contributed by atoms with van der Waals surface area (Å²) in [6.45, 7) is 4.67. The molecule has 55 heavy (non-hydrogen) atoms. The lowest BCUT2D eigenvalue weighted by molar-refractivity contribution is 0.661. The molecule has 0 atom stereocenters. The van der Waals surface area contributed by atoms with E-state index >= 15 is 0 Å². The average Bonchev–Trinajstić information content (AvgIpc) is 3.48. The van der Waals surface area contributed by atoms with Gasteiger partial charge >= 0.3 is 0 Å². The number of benzene rings is 8. The number of hydrogen-bond donors (Lipinski definition) is 0. The summed E-state index contributed by atoms with van der Waals surface area (Å²) in [6, 6.07) is 67.0. The quantitative estimate of drug-likeness (QED) is 0.173. The maximum absolute atomic E-state index is 5.12. The second-order valence-corrected chi connectivity index (χ2v) is 14.9. The first-order chi connectivity index (χ1) is 27.0. The molecule has 10 rings (SSSR count). The predicted octanol–water partition coefficient (Wildman–Crippen LogP) is 13.3. The third kappa shape index (κ3) is 5.91. The molecule has 0 aliphatic heterocycles. The second kappa shape index (κ2) is 13.2. The molecule has 260 valence electrons. The van der Waals surface area contributed by atoms with Gasteiger partial charge in [0, 0.05) is 22.1 Å². The summed E-state index contributed by atoms with van der Waals surface area (Å²) in [5, 5.41) is 2.34. The molecule has 0 fully saturated rings. The molecule has 0 unspecified atom stereocenters. The number of hydrogen-bond acceptors (Lipinski definition) is 3. The molecule has 0 amide bonds. The fourth-order valence-corrected chi connectivity index (χ4v) is 8.12. The van der Waals surface area contributed by atoms with Crippen LogP contribution in [0.3, 0.4) is 0 Å². The van der Waals surface area contributed by atoms with E-state index in [1.165, 1.54) is 61.0 Å². The van der Waals surface area contributed by atoms with E-state index in [9.17, 15) is 0 Å². The summed E-state index contributed by atoms with van der Waals surface area (Å²) in [4.78, 5) is 15.2. The van der Waals surface area contributed by atoms with Crippen LogP contribution in [0.15, 0.2) is 188 Å². The van der Waals surface area contributed by atoms with Gasteiger partial charge in [-0.05, 0) is 96.7 Å². The molecule has 3 nitrogen and oxygen atoms in total. The van der Waals surface area contributed by atoms with Crippen LogP contribution in [0.5, 0.6) is 0 Å². The molecule has 0 N–H and O–H groups in total. The van der Waals surface area contributed by atoms with Crippen molar-refractivity contribution in [3.05, 3.63) is 199 Å². The molecule has 1 aliphatic carbocycles. The van der Waals surface area contributed by atoms with E-state index in [4.69, 9.17) is 15.0 Å². The lowest BCUT2D eigenvalue weighted by atomic mass is 9.81. The van der Waals surface area contributed by atoms with Crippen molar-refractivity contribution in [2.45, 2.75) is 19.3 Å². The Bertz CT molecular complexity index is 2890. The molecule has 0 spiro atoms. The molecule has 1 heterocycles. The smallest absolute Gasteiger partial charge is 0.164 e. The fraction of sp³-hybridized carbons (Fsp3) is 0.0577. The van der Waals surface area contributed by atoms with Gasteiger partial charge in [0.05, 0.1) is 0 Å². The molecule has 9 aromatic rings. The number of rotatable bonds is 6. The Balaban J connectivity index is 1.02. The predicted molar refractivity (Wildman–Crippen MR) is 228 cm³/mol. The van der Waals surface area contributed by atoms with Crippen molar-refractivity contribution in [1.82, 2.24) is 15.0 Å². The summed E-state index contributed by atoms with van der Waals surface area (Å²) in [7, 11) is 0. The van der Waals surface area contributed by atoms with Gasteiger partial charge in [0.15, 0.2) is 17.5 Å². The van der Waals surface area contributed by atoms with Gasteiger partial charge in [-0.15, -0.1) is 0 Å². The highest BCUT2D eigenvalue weighted by Crippen LogP contribution is 2.50. The molecule has 1 aromatic heterocycles. The van der Waals surface area contributed by atoms with Gasteiger partial charge in [0.2, 0.25) is 0 Å². The van der Waals surface area contributed by atoms with E-state index in [0.717, 1.165) is 22.1 Å². The SMILES string of the molecule is CC1(C)c2cc(-c3cccc(-c4cccc(-c5ccccc5)c4)c3)ccc2-c2ccc(-c3nc(-c4ccccc4)nc(-c4ccc5ccccc5c4)n3)cc21. The monoisotopic (exact) mass is 703 g/mol. The Morgan fingerprint density at radius 1 is 0.291 bits per heavy atom. The van der Waals surface area contributed by atoms with Crippen molar-refractivity contribution in [3.63, 3.8) is 0 Å². The topological polar surface area (TPSA) is 38.7 Å². The minimum Gasteiger partial charge on any atom is -0.208 e. The van der Waals surface area contributed by atoms with Crippen LogP contribution in [0.1, 0.15) is 25.0 Å². The molecular formula is C52H37N3. The minimum absolute atomic E-state index is 0.227. The third-order valence-corrected chi connectivity index (χ3v) is 11.1. The van der Waals surface area contributed by atoms with E-state index in [1.54, 1.807) is 0 Å². The Labute approximate surface area is 321 Å². The Morgan fingerprint density at radius 3 is 1.29 bits per heavy atom. The first-order valence-corrected chi connectivity index (χ1v) is 18.8. The number of aromatic nitrogens is 3. The summed E-state index contributed by atoms with van der Waals surface area (Å²) in [5.74, 6) is 1.99. The van der Waals surface area contributed by atoms with Crippen molar-refractivity contribution in [3.8, 4) is 78.7 Å². The Kier molecular flexibility index (Phi) is 7.81. The Morgan fingerprint density at radius 2 is 0.691 bits per heavy atom. The van der Waals surface area contributed by atoms with Crippen LogP contribution in [0, 0.1) is 0 Å². The maximum atomic E-state index is 5.12. The van der Waals surface area contributed by atoms with Crippen LogP contribution in [-0.4, -0.2) is 15.0 Å². The van der Waals surface area contributed by atoms with Gasteiger partial charge in [-0.1, -0.05) is 172 Å². The van der Waals surface area contributed by atoms with Crippen molar-refractivity contribution in [1.29, 1.82) is 0 Å². The van der Waals surface area contributed by atoms with Gasteiger partial charge < -0.3 is 0 Å². The van der Waals surface area contributed by atoms with Crippen LogP contribution in [0.2, 0.25) is 0 Å². The van der Waals surface area contributed by atoms with Gasteiger partial charge in [-0.2, -0.15) is 0 Å². The number of nitrogens with zero attached hydrogens (tertiary/aromatic N) is 3. The molecule has 0 saturated carbocycles. The van der Waals surface area contributed by atoms with Gasteiger partial charge in [-0.25, -0.2) is 15.0 Å². The zero-order valence-corrected chi connectivity index (χ0v) is 30.7. The van der Waals surface area contributed by atoms with Crippen molar-refractivity contribution >= 4 is 10.8 Å². The second-order valence-electron chi connectivity index (χ2n) is 14.9. The van der Waals surface area contributed by atoms with Crippen molar-refractivity contribution < 1.29 is 0 Å². The zero-order valence-electron chi connectivity index (χ0n) is 30.7. The summed E-state index contributed by atoms with van der Waals surface area (Å²) in [6.07, 6.45) is 0. The molecule has 0 saturated heterocycles. The van der Waals surface area contributed by atoms with Crippen LogP contribution in [0.4, 0.5) is 0 Å². The van der Waals surface area contributed by atoms with E-state index in [2.05, 4.69) is 184 Å². The standard InChI is InChI=1S/C52H37N3/c1-52(2)47-32-42(41-22-12-21-40(30-41)39-20-11-19-38(29-39)34-13-5-3-6-14-34)25-27-45(47)46-28-26-44(33-48(46)52)51-54-49(36-16-7-4-8-17-36)53-50(55-51)43-24-23-35-15-9-10-18-37(35)31-43/h3-33H,1-2H3. The fourth-order valence-electron chi connectivity index (χ4n) is 8.12. The van der Waals surface area contributed by atoms with E-state index < -0.39 is 0 Å². The van der Waals surface area contributed by atoms with Crippen molar-refractivity contribution in [2.24, 2.45) is 0 Å². The summed E-state index contributed by atoms with van der Waals surface area (Å²) >= 11 is 0. The van der Waals surface area contributed by atoms with Gasteiger partial charge in [0.25, 0.3) is 0 Å². The molecule has 3 heteroatoms. The summed E-state index contributed by atoms with van der Waals surface area (Å²) < 4.78 is 0. The summed E-state index contributed by atoms with van der Waals surface area (Å²) in [5.41, 5.74) is 15.1. The highest BCUT2D eigenvalue weighted by atomic mass is 15.0. The molecule has 0 bridgehead atoms. The molecule has 0 radical (unpaired) electrons. The minimum atomic E-state index is -0.227.